The van der Waals surface area contributed by atoms with Crippen molar-refractivity contribution in [2.45, 2.75) is 6.92 Å². The van der Waals surface area contributed by atoms with Crippen molar-refractivity contribution < 1.29 is 10.2 Å². The second-order valence-corrected chi connectivity index (χ2v) is 2.41. The predicted molar refractivity (Wildman–Crippen MR) is 43.7 cm³/mol. The Morgan fingerprint density at radius 3 is 2.36 bits per heavy atom. The van der Waals surface area contributed by atoms with Crippen molar-refractivity contribution >= 4 is 17.7 Å². The predicted octanol–water partition coefficient (Wildman–Crippen LogP) is 1.94. The number of aromatic hydroxyl groups is 2. The van der Waals surface area contributed by atoms with Crippen LogP contribution in [0.5, 0.6) is 11.8 Å². The van der Waals surface area contributed by atoms with Gasteiger partial charge in [0.05, 0.1) is 0 Å². The van der Waals surface area contributed by atoms with Crippen LogP contribution in [0.4, 0.5) is 0 Å². The molecular formula is C7H8ClNO2. The van der Waals surface area contributed by atoms with Crippen molar-refractivity contribution in [3.8, 4) is 11.8 Å². The molecule has 0 aromatic carbocycles. The second kappa shape index (κ2) is 2.88. The van der Waals surface area contributed by atoms with Gasteiger partial charge in [0.2, 0.25) is 0 Å². The van der Waals surface area contributed by atoms with Gasteiger partial charge in [0.15, 0.2) is 11.8 Å². The van der Waals surface area contributed by atoms with Gasteiger partial charge in [0, 0.05) is 16.7 Å². The van der Waals surface area contributed by atoms with Crippen molar-refractivity contribution in [1.82, 2.24) is 4.98 Å². The minimum atomic E-state index is -0.0723. The zero-order valence-electron chi connectivity index (χ0n) is 5.93. The number of H-pyrrole nitrogens is 1. The Bertz CT molecular complexity index is 291. The molecule has 1 aromatic rings. The topological polar surface area (TPSA) is 56.2 Å². The molecule has 4 heteroatoms. The number of nitrogens with one attached hydrogen (secondary N) is 1. The fourth-order valence-electron chi connectivity index (χ4n) is 0.845. The third kappa shape index (κ3) is 1.33. The summed E-state index contributed by atoms with van der Waals surface area (Å²) in [5.74, 6) is -0.107. The van der Waals surface area contributed by atoms with Crippen molar-refractivity contribution in [2.24, 2.45) is 0 Å². The zero-order chi connectivity index (χ0) is 8.43. The fourth-order valence-corrected chi connectivity index (χ4v) is 0.971. The molecule has 3 N–H and O–H groups in total. The van der Waals surface area contributed by atoms with E-state index < -0.39 is 0 Å². The van der Waals surface area contributed by atoms with Crippen LogP contribution in [0.1, 0.15) is 11.1 Å². The first kappa shape index (κ1) is 8.01. The van der Waals surface area contributed by atoms with Gasteiger partial charge in [0.25, 0.3) is 0 Å². The third-order valence-corrected chi connectivity index (χ3v) is 1.61. The summed E-state index contributed by atoms with van der Waals surface area (Å²) < 4.78 is 0. The minimum Gasteiger partial charge on any atom is -0.494 e. The van der Waals surface area contributed by atoms with Gasteiger partial charge in [-0.15, -0.1) is 0 Å². The van der Waals surface area contributed by atoms with Gasteiger partial charge in [-0.2, -0.15) is 0 Å². The van der Waals surface area contributed by atoms with Crippen LogP contribution >= 0.6 is 11.6 Å². The molecule has 0 unspecified atom stereocenters. The average molecular weight is 174 g/mol. The van der Waals surface area contributed by atoms with Crippen LogP contribution in [0.15, 0.2) is 5.54 Å². The molecule has 60 valence electrons. The van der Waals surface area contributed by atoms with Crippen LogP contribution in [0.3, 0.4) is 0 Å². The first-order valence-corrected chi connectivity index (χ1v) is 3.47. The lowest BCUT2D eigenvalue weighted by molar-refractivity contribution is 0.424. The van der Waals surface area contributed by atoms with E-state index in [9.17, 15) is 0 Å². The first-order valence-electron chi connectivity index (χ1n) is 3.04. The van der Waals surface area contributed by atoms with E-state index in [2.05, 4.69) is 4.98 Å². The van der Waals surface area contributed by atoms with Gasteiger partial charge in [-0.05, 0) is 13.0 Å². The standard InChI is InChI=1S/C7H8ClNO2/c1-4-5(2-3-8)7(11)9-6(4)10/h2-3,9-11H,1H3. The van der Waals surface area contributed by atoms with E-state index in [1.54, 1.807) is 6.92 Å². The molecule has 0 bridgehead atoms. The highest BCUT2D eigenvalue weighted by Gasteiger charge is 2.08. The van der Waals surface area contributed by atoms with Crippen LogP contribution in [-0.4, -0.2) is 15.2 Å². The maximum atomic E-state index is 9.12. The normalized spacial score (nSPS) is 11.1. The fraction of sp³-hybridized carbons (Fsp3) is 0.143. The maximum absolute atomic E-state index is 9.12. The highest BCUT2D eigenvalue weighted by atomic mass is 35.5. The average Bonchev–Trinajstić information content (AvgIpc) is 2.17. The Morgan fingerprint density at radius 2 is 2.00 bits per heavy atom. The number of hydrogen-bond acceptors (Lipinski definition) is 2. The van der Waals surface area contributed by atoms with Crippen molar-refractivity contribution in [3.05, 3.63) is 16.7 Å². The summed E-state index contributed by atoms with van der Waals surface area (Å²) in [6, 6.07) is 0. The molecule has 0 radical (unpaired) electrons. The van der Waals surface area contributed by atoms with Crippen LogP contribution in [0.2, 0.25) is 0 Å². The maximum Gasteiger partial charge on any atom is 0.198 e. The number of halogens is 1. The van der Waals surface area contributed by atoms with E-state index in [0.29, 0.717) is 11.1 Å². The third-order valence-electron chi connectivity index (χ3n) is 1.48. The lowest BCUT2D eigenvalue weighted by Crippen LogP contribution is -1.70. The van der Waals surface area contributed by atoms with Crippen LogP contribution in [0.25, 0.3) is 6.08 Å². The van der Waals surface area contributed by atoms with Crippen LogP contribution in [0, 0.1) is 6.92 Å². The molecule has 0 fully saturated rings. The van der Waals surface area contributed by atoms with E-state index >= 15 is 0 Å². The van der Waals surface area contributed by atoms with Gasteiger partial charge < -0.3 is 10.2 Å². The van der Waals surface area contributed by atoms with Gasteiger partial charge in [-0.3, -0.25) is 4.98 Å². The number of aromatic nitrogens is 1. The lowest BCUT2D eigenvalue weighted by Gasteiger charge is -1.88. The Balaban J connectivity index is 3.22. The Morgan fingerprint density at radius 1 is 1.36 bits per heavy atom. The highest BCUT2D eigenvalue weighted by molar-refractivity contribution is 6.27. The number of hydrogen-bond donors (Lipinski definition) is 3. The largest absolute Gasteiger partial charge is 0.494 e. The Kier molecular flexibility index (Phi) is 2.10. The van der Waals surface area contributed by atoms with E-state index in [4.69, 9.17) is 21.8 Å². The summed E-state index contributed by atoms with van der Waals surface area (Å²) in [4.78, 5) is 2.36. The Hall–Kier alpha value is -1.09. The summed E-state index contributed by atoms with van der Waals surface area (Å²) in [5, 5.41) is 18.2. The Labute approximate surface area is 68.9 Å². The molecule has 0 amide bonds. The molecule has 3 nitrogen and oxygen atoms in total. The molecule has 1 aromatic heterocycles. The molecule has 1 rings (SSSR count). The quantitative estimate of drug-likeness (QED) is 0.608. The van der Waals surface area contributed by atoms with Gasteiger partial charge >= 0.3 is 0 Å². The molecule has 0 spiro atoms. The van der Waals surface area contributed by atoms with Crippen LogP contribution in [-0.2, 0) is 0 Å². The van der Waals surface area contributed by atoms with Crippen LogP contribution < -0.4 is 0 Å². The molecule has 1 heterocycles. The molecule has 11 heavy (non-hydrogen) atoms. The zero-order valence-corrected chi connectivity index (χ0v) is 6.68. The smallest absolute Gasteiger partial charge is 0.198 e. The van der Waals surface area contributed by atoms with Gasteiger partial charge in [-0.1, -0.05) is 11.6 Å². The van der Waals surface area contributed by atoms with E-state index in [0.717, 1.165) is 0 Å². The van der Waals surface area contributed by atoms with Gasteiger partial charge in [0.1, 0.15) is 0 Å². The minimum absolute atomic E-state index is 0.0349. The molecule has 0 saturated heterocycles. The summed E-state index contributed by atoms with van der Waals surface area (Å²) in [5.41, 5.74) is 2.37. The van der Waals surface area contributed by atoms with E-state index in [1.807, 2.05) is 0 Å². The molecule has 0 aliphatic carbocycles. The molecule has 0 atom stereocenters. The molecule has 0 aliphatic heterocycles. The summed E-state index contributed by atoms with van der Waals surface area (Å²) >= 11 is 5.30. The molecule has 0 saturated carbocycles. The number of rotatable bonds is 1. The van der Waals surface area contributed by atoms with Crippen molar-refractivity contribution in [3.63, 3.8) is 0 Å². The van der Waals surface area contributed by atoms with E-state index in [-0.39, 0.29) is 11.8 Å². The lowest BCUT2D eigenvalue weighted by atomic mass is 10.2. The summed E-state index contributed by atoms with van der Waals surface area (Å²) in [6.45, 7) is 1.68. The first-order chi connectivity index (χ1) is 5.16. The second-order valence-electron chi connectivity index (χ2n) is 2.15. The van der Waals surface area contributed by atoms with E-state index in [1.165, 1.54) is 11.6 Å². The summed E-state index contributed by atoms with van der Waals surface area (Å²) in [6.07, 6.45) is 1.50. The highest BCUT2D eigenvalue weighted by Crippen LogP contribution is 2.28. The van der Waals surface area contributed by atoms with Crippen molar-refractivity contribution in [2.75, 3.05) is 0 Å². The monoisotopic (exact) mass is 173 g/mol. The van der Waals surface area contributed by atoms with Crippen molar-refractivity contribution in [1.29, 1.82) is 0 Å². The van der Waals surface area contributed by atoms with Gasteiger partial charge in [-0.25, -0.2) is 0 Å². The molecular weight excluding hydrogens is 166 g/mol. The molecule has 0 aliphatic rings. The number of aromatic amines is 1. The summed E-state index contributed by atoms with van der Waals surface area (Å²) in [7, 11) is 0. The SMILES string of the molecule is Cc1c(O)[nH]c(O)c1C=CCl.